The van der Waals surface area contributed by atoms with Crippen LogP contribution >= 0.6 is 11.6 Å². The number of carbonyl (C=O) groups excluding carboxylic acids is 4. The van der Waals surface area contributed by atoms with Gasteiger partial charge in [-0.05, 0) is 94.0 Å². The molecule has 14 nitrogen and oxygen atoms in total. The van der Waals surface area contributed by atoms with Crippen molar-refractivity contribution in [2.45, 2.75) is 117 Å². The van der Waals surface area contributed by atoms with Gasteiger partial charge in [0.2, 0.25) is 11.8 Å². The molecule has 0 saturated carbocycles. The lowest BCUT2D eigenvalue weighted by atomic mass is 9.99. The predicted octanol–water partition coefficient (Wildman–Crippen LogP) is 9.07. The number of alkyl carbamates (subject to hydrolysis) is 2. The van der Waals surface area contributed by atoms with Gasteiger partial charge in [-0.1, -0.05) is 75.7 Å². The molecule has 0 aliphatic carbocycles. The number of aromatic amines is 2. The second kappa shape index (κ2) is 18.2. The number of nitrogens with zero attached hydrogens (tertiary/aromatic N) is 4. The monoisotopic (exact) mass is 852 g/mol. The molecule has 2 aliphatic rings. The molecule has 324 valence electrons. The van der Waals surface area contributed by atoms with Gasteiger partial charge in [0.1, 0.15) is 23.7 Å². The lowest BCUT2D eigenvalue weighted by Crippen LogP contribution is -2.51. The number of ether oxygens (including phenoxy) is 2. The molecule has 0 bridgehead atoms. The van der Waals surface area contributed by atoms with Gasteiger partial charge in [-0.25, -0.2) is 19.6 Å². The second-order valence-corrected chi connectivity index (χ2v) is 17.8. The van der Waals surface area contributed by atoms with E-state index in [9.17, 15) is 19.2 Å². The van der Waals surface area contributed by atoms with Crippen LogP contribution in [0, 0.1) is 11.8 Å². The smallest absolute Gasteiger partial charge is 0.408 e. The van der Waals surface area contributed by atoms with Gasteiger partial charge in [-0.3, -0.25) is 9.59 Å². The Kier molecular flexibility index (Phi) is 12.9. The minimum atomic E-state index is -0.730. The number of likely N-dealkylation sites (tertiary alicyclic amines) is 2. The maximum atomic E-state index is 13.9. The molecule has 4 atom stereocenters. The summed E-state index contributed by atoms with van der Waals surface area (Å²) < 4.78 is 10.5. The highest BCUT2D eigenvalue weighted by Gasteiger charge is 2.39. The SMILES string of the molecule is CC(C)OC(=O)N[C@H](C(=O)N1CCC[C@H]1c1ncc(-c2ccc(-c3ccc4c(c3)c(Cl)cc3[nH]c([C@@H]5CCCN5C(=O)[C@@H](NC(=O)OC(C)C)C(C)C)nc34)cc2)[nH]1)C(C)C. The molecule has 2 aromatic heterocycles. The fourth-order valence-corrected chi connectivity index (χ4v) is 8.73. The first kappa shape index (κ1) is 43.5. The van der Waals surface area contributed by atoms with Crippen LogP contribution in [-0.4, -0.2) is 91.1 Å². The average Bonchev–Trinajstić information content (AvgIpc) is 4.04. The summed E-state index contributed by atoms with van der Waals surface area (Å²) in [6, 6.07) is 14.3. The van der Waals surface area contributed by atoms with Crippen molar-refractivity contribution in [2.24, 2.45) is 11.8 Å². The summed E-state index contributed by atoms with van der Waals surface area (Å²) in [5, 5.41) is 7.91. The Labute approximate surface area is 361 Å². The number of benzene rings is 3. The lowest BCUT2D eigenvalue weighted by molar-refractivity contribution is -0.136. The van der Waals surface area contributed by atoms with Crippen LogP contribution in [0.25, 0.3) is 44.2 Å². The Bertz CT molecular complexity index is 2410. The van der Waals surface area contributed by atoms with Crippen molar-refractivity contribution in [3.8, 4) is 22.4 Å². The summed E-state index contributed by atoms with van der Waals surface area (Å²) in [6.45, 7) is 15.9. The van der Waals surface area contributed by atoms with Crippen molar-refractivity contribution >= 4 is 57.4 Å². The van der Waals surface area contributed by atoms with E-state index in [4.69, 9.17) is 31.0 Å². The Hall–Kier alpha value is -5.63. The van der Waals surface area contributed by atoms with Crippen LogP contribution in [0.2, 0.25) is 5.02 Å². The van der Waals surface area contributed by atoms with Gasteiger partial charge in [0.25, 0.3) is 0 Å². The zero-order valence-electron chi connectivity index (χ0n) is 36.2. The molecule has 0 unspecified atom stereocenters. The Morgan fingerprint density at radius 3 is 1.75 bits per heavy atom. The largest absolute Gasteiger partial charge is 0.447 e. The molecule has 0 radical (unpaired) electrons. The Balaban J connectivity index is 1.07. The zero-order chi connectivity index (χ0) is 43.7. The molecule has 5 aromatic rings. The molecule has 2 fully saturated rings. The third-order valence-electron chi connectivity index (χ3n) is 11.5. The number of imidazole rings is 2. The normalized spacial score (nSPS) is 17.9. The Morgan fingerprint density at radius 2 is 1.21 bits per heavy atom. The van der Waals surface area contributed by atoms with Crippen LogP contribution in [0.15, 0.2) is 54.7 Å². The standard InChI is InChI=1S/C46H57ClN8O6/c1-24(2)38(52-45(58)60-26(5)6)43(56)54-19-9-11-36(54)41-48-23-35(50-41)29-15-13-28(14-16-29)30-17-18-31-32(21-30)33(47)22-34-40(31)51-42(49-34)37-12-10-20-55(37)44(57)39(25(3)4)53-46(59)61-27(7)8/h13-18,21-27,36-39H,9-12,19-20H2,1-8H3,(H,48,50)(H,49,51)(H,52,58)(H,53,59)/t36-,37-,38-,39-/m0/s1. The summed E-state index contributed by atoms with van der Waals surface area (Å²) in [7, 11) is 0. The number of rotatable bonds is 12. The highest BCUT2D eigenvalue weighted by molar-refractivity contribution is 6.37. The number of H-pyrrole nitrogens is 2. The van der Waals surface area contributed by atoms with Crippen LogP contribution < -0.4 is 10.6 Å². The van der Waals surface area contributed by atoms with E-state index in [0.29, 0.717) is 29.8 Å². The number of hydrogen-bond donors (Lipinski definition) is 4. The van der Waals surface area contributed by atoms with E-state index in [0.717, 1.165) is 69.9 Å². The van der Waals surface area contributed by atoms with Gasteiger partial charge < -0.3 is 39.9 Å². The van der Waals surface area contributed by atoms with Gasteiger partial charge in [0, 0.05) is 23.9 Å². The van der Waals surface area contributed by atoms with Crippen LogP contribution in [-0.2, 0) is 19.1 Å². The summed E-state index contributed by atoms with van der Waals surface area (Å²) >= 11 is 6.94. The van der Waals surface area contributed by atoms with E-state index in [-0.39, 0.29) is 47.9 Å². The fraction of sp³-hybridized carbons (Fsp3) is 0.478. The van der Waals surface area contributed by atoms with Crippen molar-refractivity contribution in [3.63, 3.8) is 0 Å². The van der Waals surface area contributed by atoms with Crippen LogP contribution in [0.3, 0.4) is 0 Å². The molecule has 3 aromatic carbocycles. The predicted molar refractivity (Wildman–Crippen MR) is 236 cm³/mol. The summed E-state index contributed by atoms with van der Waals surface area (Å²) in [5.41, 5.74) is 5.34. The van der Waals surface area contributed by atoms with Gasteiger partial charge in [0.05, 0.1) is 52.2 Å². The third kappa shape index (κ3) is 9.34. The molecule has 4 N–H and O–H groups in total. The van der Waals surface area contributed by atoms with Crippen LogP contribution in [0.4, 0.5) is 9.59 Å². The van der Waals surface area contributed by atoms with E-state index in [1.165, 1.54) is 0 Å². The fourth-order valence-electron chi connectivity index (χ4n) is 8.46. The lowest BCUT2D eigenvalue weighted by Gasteiger charge is -2.30. The number of fused-ring (bicyclic) bond motifs is 3. The first-order valence-corrected chi connectivity index (χ1v) is 21.8. The molecular weight excluding hydrogens is 796 g/mol. The highest BCUT2D eigenvalue weighted by Crippen LogP contribution is 2.38. The van der Waals surface area contributed by atoms with E-state index >= 15 is 0 Å². The molecular formula is C46H57ClN8O6. The second-order valence-electron chi connectivity index (χ2n) is 17.4. The summed E-state index contributed by atoms with van der Waals surface area (Å²) in [4.78, 5) is 72.9. The molecule has 4 heterocycles. The van der Waals surface area contributed by atoms with Crippen LogP contribution in [0.5, 0.6) is 0 Å². The maximum Gasteiger partial charge on any atom is 0.408 e. The zero-order valence-corrected chi connectivity index (χ0v) is 36.9. The highest BCUT2D eigenvalue weighted by atomic mass is 35.5. The van der Waals surface area contributed by atoms with Gasteiger partial charge in [-0.2, -0.15) is 0 Å². The average molecular weight is 853 g/mol. The Morgan fingerprint density at radius 1 is 0.689 bits per heavy atom. The van der Waals surface area contributed by atoms with Gasteiger partial charge in [0.15, 0.2) is 0 Å². The first-order valence-electron chi connectivity index (χ1n) is 21.4. The van der Waals surface area contributed by atoms with E-state index in [1.807, 2.05) is 61.8 Å². The van der Waals surface area contributed by atoms with Crippen LogP contribution in [0.1, 0.15) is 105 Å². The number of aromatic nitrogens is 4. The van der Waals surface area contributed by atoms with Crippen molar-refractivity contribution in [1.29, 1.82) is 0 Å². The molecule has 15 heteroatoms. The molecule has 7 rings (SSSR count). The topological polar surface area (TPSA) is 175 Å². The van der Waals surface area contributed by atoms with Crippen molar-refractivity contribution in [3.05, 3.63) is 71.4 Å². The number of halogens is 1. The number of hydrogen-bond acceptors (Lipinski definition) is 8. The van der Waals surface area contributed by atoms with Gasteiger partial charge in [-0.15, -0.1) is 0 Å². The van der Waals surface area contributed by atoms with E-state index in [1.54, 1.807) is 33.9 Å². The summed E-state index contributed by atoms with van der Waals surface area (Å²) in [5.74, 6) is 0.828. The third-order valence-corrected chi connectivity index (χ3v) is 11.8. The molecule has 2 saturated heterocycles. The number of carbonyl (C=O) groups is 4. The van der Waals surface area contributed by atoms with E-state index in [2.05, 4.69) is 44.9 Å². The van der Waals surface area contributed by atoms with E-state index < -0.39 is 24.3 Å². The minimum Gasteiger partial charge on any atom is -0.447 e. The molecule has 2 aliphatic heterocycles. The minimum absolute atomic E-state index is 0.124. The van der Waals surface area contributed by atoms with Gasteiger partial charge >= 0.3 is 12.2 Å². The summed E-state index contributed by atoms with van der Waals surface area (Å²) in [6.07, 6.45) is 3.16. The number of nitrogens with one attached hydrogen (secondary N) is 4. The van der Waals surface area contributed by atoms with Crippen molar-refractivity contribution < 1.29 is 28.7 Å². The molecule has 0 spiro atoms. The quantitative estimate of drug-likeness (QED) is 0.0962. The molecule has 61 heavy (non-hydrogen) atoms. The maximum absolute atomic E-state index is 13.9. The number of amides is 4. The molecule has 4 amide bonds. The first-order chi connectivity index (χ1) is 29.1. The van der Waals surface area contributed by atoms with Crippen molar-refractivity contribution in [2.75, 3.05) is 13.1 Å². The van der Waals surface area contributed by atoms with Crippen molar-refractivity contribution in [1.82, 2.24) is 40.4 Å².